The molecule has 1 heteroatoms. The van der Waals surface area contributed by atoms with Gasteiger partial charge in [-0.1, -0.05) is 238 Å². The summed E-state index contributed by atoms with van der Waals surface area (Å²) < 4.78 is 0. The molecule has 0 radical (unpaired) electrons. The van der Waals surface area contributed by atoms with E-state index >= 15 is 0 Å². The number of nitrogens with zero attached hydrogens (tertiary/aromatic N) is 1. The van der Waals surface area contributed by atoms with Crippen LogP contribution < -0.4 is 4.90 Å². The molecule has 11 aromatic carbocycles. The lowest BCUT2D eigenvalue weighted by molar-refractivity contribution is 0.660. The van der Waals surface area contributed by atoms with Crippen LogP contribution in [0.4, 0.5) is 17.1 Å². The van der Waals surface area contributed by atoms with Crippen molar-refractivity contribution < 1.29 is 0 Å². The minimum atomic E-state index is -0.569. The smallest absolute Gasteiger partial charge is 0.0726 e. The fourth-order valence-corrected chi connectivity index (χ4v) is 14.0. The highest BCUT2D eigenvalue weighted by Gasteiger charge is 2.52. The SMILES string of the molecule is CC1(C)c2ccccc2-c2ccc(N(c3ccc4c(c3)C(c3ccccc3)(c3ccccc3)c3ccccc3-4)c3cc4c(cc3-c3ccccc3)-c3ccccc3C43c4ccccc4-c4ccccc43)cc21. The van der Waals surface area contributed by atoms with Crippen molar-refractivity contribution in [3.63, 3.8) is 0 Å². The van der Waals surface area contributed by atoms with E-state index in [1.54, 1.807) is 0 Å². The summed E-state index contributed by atoms with van der Waals surface area (Å²) in [6, 6.07) is 98.8. The summed E-state index contributed by atoms with van der Waals surface area (Å²) >= 11 is 0. The molecule has 338 valence electrons. The Bertz CT molecular complexity index is 3930. The van der Waals surface area contributed by atoms with Gasteiger partial charge in [-0.3, -0.25) is 0 Å². The summed E-state index contributed by atoms with van der Waals surface area (Å²) in [4.78, 5) is 2.61. The first-order valence-electron chi connectivity index (χ1n) is 25.4. The van der Waals surface area contributed by atoms with Crippen LogP contribution >= 0.6 is 0 Å². The average Bonchev–Trinajstić information content (AvgIpc) is 4.10. The normalized spacial score (nSPS) is 14.9. The third kappa shape index (κ3) is 5.32. The zero-order valence-corrected chi connectivity index (χ0v) is 40.3. The third-order valence-corrected chi connectivity index (χ3v) is 17.0. The fraction of sp³-hybridized carbons (Fsp3) is 0.0704. The Labute approximate surface area is 422 Å². The van der Waals surface area contributed by atoms with Crippen LogP contribution in [0.2, 0.25) is 0 Å². The van der Waals surface area contributed by atoms with Crippen molar-refractivity contribution in [1.29, 1.82) is 0 Å². The van der Waals surface area contributed by atoms with E-state index < -0.39 is 10.8 Å². The number of hydrogen-bond donors (Lipinski definition) is 0. The molecule has 0 N–H and O–H groups in total. The first-order valence-corrected chi connectivity index (χ1v) is 25.4. The molecule has 72 heavy (non-hydrogen) atoms. The van der Waals surface area contributed by atoms with Crippen molar-refractivity contribution in [3.05, 3.63) is 316 Å². The van der Waals surface area contributed by atoms with Gasteiger partial charge in [0.25, 0.3) is 0 Å². The molecule has 1 spiro atoms. The summed E-state index contributed by atoms with van der Waals surface area (Å²) in [5, 5.41) is 0. The minimum Gasteiger partial charge on any atom is -0.310 e. The average molecular weight is 916 g/mol. The monoisotopic (exact) mass is 915 g/mol. The van der Waals surface area contributed by atoms with E-state index in [2.05, 4.69) is 280 Å². The topological polar surface area (TPSA) is 3.24 Å². The van der Waals surface area contributed by atoms with Crippen LogP contribution in [0.5, 0.6) is 0 Å². The van der Waals surface area contributed by atoms with Crippen LogP contribution in [0.25, 0.3) is 55.6 Å². The molecule has 0 aliphatic heterocycles. The molecule has 15 rings (SSSR count). The van der Waals surface area contributed by atoms with E-state index in [-0.39, 0.29) is 5.41 Å². The lowest BCUT2D eigenvalue weighted by atomic mass is 9.67. The predicted octanol–water partition coefficient (Wildman–Crippen LogP) is 17.8. The molecule has 4 aliphatic carbocycles. The zero-order valence-electron chi connectivity index (χ0n) is 40.3. The standard InChI is InChI=1S/C71H49N/c1-69(2)60-33-17-12-28-51(60)56-40-38-49(42-65(56)69)72(50-39-41-57-54-31-13-18-34-61(54)70(66(57)43-50,47-24-8-4-9-25-47)48-26-10-5-11-27-48)68-45-67-59(44-58(68)46-22-6-3-7-23-46)55-32-16-21-37-64(55)71(67)62-35-19-14-29-52(62)53-30-15-20-36-63(53)71/h3-45H,1-2H3. The van der Waals surface area contributed by atoms with Gasteiger partial charge in [0.15, 0.2) is 0 Å². The van der Waals surface area contributed by atoms with Crippen LogP contribution in [0.3, 0.4) is 0 Å². The van der Waals surface area contributed by atoms with Crippen LogP contribution in [0.15, 0.2) is 261 Å². The second-order valence-corrected chi connectivity index (χ2v) is 20.7. The largest absolute Gasteiger partial charge is 0.310 e. The molecular formula is C71H49N. The summed E-state index contributed by atoms with van der Waals surface area (Å²) in [6.07, 6.45) is 0. The summed E-state index contributed by atoms with van der Waals surface area (Å²) in [6.45, 7) is 4.79. The summed E-state index contributed by atoms with van der Waals surface area (Å²) in [5.74, 6) is 0. The van der Waals surface area contributed by atoms with Crippen LogP contribution in [-0.4, -0.2) is 0 Å². The molecule has 0 aromatic heterocycles. The molecule has 11 aromatic rings. The molecule has 4 aliphatic rings. The lowest BCUT2D eigenvalue weighted by Gasteiger charge is -2.36. The number of anilines is 3. The van der Waals surface area contributed by atoms with Crippen LogP contribution in [-0.2, 0) is 16.2 Å². The van der Waals surface area contributed by atoms with Gasteiger partial charge in [0, 0.05) is 22.4 Å². The summed E-state index contributed by atoms with van der Waals surface area (Å²) in [7, 11) is 0. The summed E-state index contributed by atoms with van der Waals surface area (Å²) in [5.41, 5.74) is 27.9. The highest BCUT2D eigenvalue weighted by Crippen LogP contribution is 2.65. The molecule has 1 nitrogen and oxygen atoms in total. The van der Waals surface area contributed by atoms with Crippen molar-refractivity contribution in [3.8, 4) is 55.6 Å². The van der Waals surface area contributed by atoms with Gasteiger partial charge in [-0.15, -0.1) is 0 Å². The molecule has 0 unspecified atom stereocenters. The maximum Gasteiger partial charge on any atom is 0.0726 e. The molecule has 0 amide bonds. The van der Waals surface area contributed by atoms with Crippen molar-refractivity contribution in [2.45, 2.75) is 30.1 Å². The maximum atomic E-state index is 2.61. The van der Waals surface area contributed by atoms with Gasteiger partial charge in [0.05, 0.1) is 16.5 Å². The Morgan fingerprint density at radius 2 is 0.611 bits per heavy atom. The molecule has 0 fully saturated rings. The van der Waals surface area contributed by atoms with Gasteiger partial charge in [0.1, 0.15) is 0 Å². The highest BCUT2D eigenvalue weighted by molar-refractivity contribution is 6.01. The first-order chi connectivity index (χ1) is 35.5. The maximum absolute atomic E-state index is 2.61. The van der Waals surface area contributed by atoms with Gasteiger partial charge in [-0.05, 0) is 142 Å². The first kappa shape index (κ1) is 41.0. The van der Waals surface area contributed by atoms with Gasteiger partial charge in [-0.25, -0.2) is 0 Å². The van der Waals surface area contributed by atoms with E-state index in [9.17, 15) is 0 Å². The Kier molecular flexibility index (Phi) is 8.62. The van der Waals surface area contributed by atoms with Crippen LogP contribution in [0, 0.1) is 0 Å². The number of benzene rings is 11. The second kappa shape index (κ2) is 15.1. The Morgan fingerprint density at radius 1 is 0.250 bits per heavy atom. The lowest BCUT2D eigenvalue weighted by Crippen LogP contribution is -2.28. The van der Waals surface area contributed by atoms with Gasteiger partial charge >= 0.3 is 0 Å². The van der Waals surface area contributed by atoms with Gasteiger partial charge in [0.2, 0.25) is 0 Å². The van der Waals surface area contributed by atoms with Crippen molar-refractivity contribution >= 4 is 17.1 Å². The molecule has 0 heterocycles. The number of fused-ring (bicyclic) bond motifs is 16. The predicted molar refractivity (Wildman–Crippen MR) is 298 cm³/mol. The minimum absolute atomic E-state index is 0.202. The highest BCUT2D eigenvalue weighted by atomic mass is 15.1. The van der Waals surface area contributed by atoms with E-state index in [1.165, 1.54) is 111 Å². The fourth-order valence-electron chi connectivity index (χ4n) is 14.0. The Hall–Kier alpha value is -8.78. The quantitative estimate of drug-likeness (QED) is 0.161. The second-order valence-electron chi connectivity index (χ2n) is 20.7. The molecular weight excluding hydrogens is 867 g/mol. The van der Waals surface area contributed by atoms with Gasteiger partial charge in [-0.2, -0.15) is 0 Å². The van der Waals surface area contributed by atoms with Gasteiger partial charge < -0.3 is 4.90 Å². The molecule has 0 saturated heterocycles. The van der Waals surface area contributed by atoms with Crippen molar-refractivity contribution in [2.24, 2.45) is 0 Å². The number of rotatable bonds is 6. The van der Waals surface area contributed by atoms with Crippen LogP contribution in [0.1, 0.15) is 69.5 Å². The Balaban J connectivity index is 1.07. The Morgan fingerprint density at radius 3 is 1.12 bits per heavy atom. The van der Waals surface area contributed by atoms with Crippen molar-refractivity contribution in [1.82, 2.24) is 0 Å². The van der Waals surface area contributed by atoms with E-state index in [1.807, 2.05) is 0 Å². The zero-order chi connectivity index (χ0) is 47.8. The molecule has 0 atom stereocenters. The van der Waals surface area contributed by atoms with E-state index in [4.69, 9.17) is 0 Å². The number of hydrogen-bond acceptors (Lipinski definition) is 1. The van der Waals surface area contributed by atoms with Crippen molar-refractivity contribution in [2.75, 3.05) is 4.90 Å². The molecule has 0 saturated carbocycles. The van der Waals surface area contributed by atoms with E-state index in [0.29, 0.717) is 0 Å². The van der Waals surface area contributed by atoms with E-state index in [0.717, 1.165) is 17.1 Å². The molecule has 0 bridgehead atoms. The third-order valence-electron chi connectivity index (χ3n) is 17.0.